The number of unbranched alkanes of at least 4 members (excludes halogenated alkanes) is 1. The minimum atomic E-state index is 0. The van der Waals surface area contributed by atoms with Crippen LogP contribution in [0.4, 0.5) is 0 Å². The Bertz CT molecular complexity index is 286. The zero-order valence-corrected chi connectivity index (χ0v) is 12.3. The van der Waals surface area contributed by atoms with E-state index in [0.29, 0.717) is 0 Å². The first-order chi connectivity index (χ1) is 7.90. The molecule has 0 aliphatic heterocycles. The topological polar surface area (TPSA) is 12.0 Å². The van der Waals surface area contributed by atoms with Gasteiger partial charge in [-0.1, -0.05) is 32.3 Å². The monoisotopic (exact) mass is 273 g/mol. The highest BCUT2D eigenvalue weighted by molar-refractivity contribution is 7.09. The predicted octanol–water partition coefficient (Wildman–Crippen LogP) is 4.62. The molecule has 2 rings (SSSR count). The molecule has 98 valence electrons. The van der Waals surface area contributed by atoms with Crippen LogP contribution in [0.1, 0.15) is 50.3 Å². The van der Waals surface area contributed by atoms with Crippen LogP contribution < -0.4 is 5.32 Å². The van der Waals surface area contributed by atoms with Gasteiger partial charge in [-0.2, -0.15) is 0 Å². The molecule has 0 spiro atoms. The van der Waals surface area contributed by atoms with Crippen molar-refractivity contribution < 1.29 is 0 Å². The Hall–Kier alpha value is -0.0500. The summed E-state index contributed by atoms with van der Waals surface area (Å²) >= 11 is 1.86. The number of hydrogen-bond donors (Lipinski definition) is 1. The first-order valence-electron chi connectivity index (χ1n) is 6.66. The fourth-order valence-electron chi connectivity index (χ4n) is 2.76. The minimum absolute atomic E-state index is 0. The predicted molar refractivity (Wildman–Crippen MR) is 79.1 cm³/mol. The normalized spacial score (nSPS) is 23.6. The van der Waals surface area contributed by atoms with Crippen LogP contribution in [0.2, 0.25) is 0 Å². The fraction of sp³-hybridized carbons (Fsp3) is 0.714. The van der Waals surface area contributed by atoms with Crippen molar-refractivity contribution in [3.8, 4) is 0 Å². The van der Waals surface area contributed by atoms with E-state index in [1.54, 1.807) is 0 Å². The maximum Gasteiger partial charge on any atom is 0.0302 e. The smallest absolute Gasteiger partial charge is 0.0302 e. The third kappa shape index (κ3) is 4.61. The van der Waals surface area contributed by atoms with Crippen molar-refractivity contribution in [2.45, 2.75) is 58.0 Å². The Kier molecular flexibility index (Phi) is 7.17. The van der Waals surface area contributed by atoms with Crippen LogP contribution in [-0.4, -0.2) is 6.04 Å². The van der Waals surface area contributed by atoms with E-state index in [2.05, 4.69) is 29.8 Å². The van der Waals surface area contributed by atoms with Crippen molar-refractivity contribution in [1.82, 2.24) is 5.32 Å². The lowest BCUT2D eigenvalue weighted by Gasteiger charge is -2.20. The Balaban J connectivity index is 0.00000144. The maximum absolute atomic E-state index is 3.75. The molecule has 17 heavy (non-hydrogen) atoms. The summed E-state index contributed by atoms with van der Waals surface area (Å²) in [5, 5.41) is 5.92. The third-order valence-corrected chi connectivity index (χ3v) is 4.58. The van der Waals surface area contributed by atoms with Gasteiger partial charge in [0.2, 0.25) is 0 Å². The SMILES string of the molecule is CCCCC1CCCC1NCc1cccs1.Cl. The number of thiophene rings is 1. The second-order valence-corrected chi connectivity index (χ2v) is 5.93. The molecular weight excluding hydrogens is 250 g/mol. The molecule has 1 heterocycles. The average molecular weight is 274 g/mol. The highest BCUT2D eigenvalue weighted by Gasteiger charge is 2.25. The largest absolute Gasteiger partial charge is 0.309 e. The quantitative estimate of drug-likeness (QED) is 0.798. The van der Waals surface area contributed by atoms with Gasteiger partial charge in [0, 0.05) is 17.5 Å². The average Bonchev–Trinajstić information content (AvgIpc) is 2.94. The molecule has 2 atom stereocenters. The van der Waals surface area contributed by atoms with Gasteiger partial charge in [0.25, 0.3) is 0 Å². The highest BCUT2D eigenvalue weighted by Crippen LogP contribution is 2.30. The molecule has 0 radical (unpaired) electrons. The van der Waals surface area contributed by atoms with Gasteiger partial charge in [-0.25, -0.2) is 0 Å². The van der Waals surface area contributed by atoms with Crippen molar-refractivity contribution in [3.05, 3.63) is 22.4 Å². The molecule has 1 aliphatic rings. The molecule has 1 saturated carbocycles. The standard InChI is InChI=1S/C14H23NS.ClH/c1-2-3-6-12-7-4-9-14(12)15-11-13-8-5-10-16-13;/h5,8,10,12,14-15H,2-4,6-7,9,11H2,1H3;1H. The van der Waals surface area contributed by atoms with Crippen molar-refractivity contribution in [2.75, 3.05) is 0 Å². The molecular formula is C14H24ClNS. The molecule has 2 unspecified atom stereocenters. The van der Waals surface area contributed by atoms with Crippen molar-refractivity contribution in [1.29, 1.82) is 0 Å². The lowest BCUT2D eigenvalue weighted by molar-refractivity contribution is 0.369. The van der Waals surface area contributed by atoms with Gasteiger partial charge < -0.3 is 5.32 Å². The summed E-state index contributed by atoms with van der Waals surface area (Å²) in [4.78, 5) is 1.47. The van der Waals surface area contributed by atoms with Gasteiger partial charge in [0.05, 0.1) is 0 Å². The Labute approximate surface area is 115 Å². The summed E-state index contributed by atoms with van der Waals surface area (Å²) in [5.74, 6) is 0.944. The Morgan fingerprint density at radius 1 is 1.41 bits per heavy atom. The number of nitrogens with one attached hydrogen (secondary N) is 1. The van der Waals surface area contributed by atoms with Crippen molar-refractivity contribution in [3.63, 3.8) is 0 Å². The number of hydrogen-bond acceptors (Lipinski definition) is 2. The molecule has 1 aliphatic carbocycles. The van der Waals surface area contributed by atoms with Crippen LogP contribution in [-0.2, 0) is 6.54 Å². The summed E-state index contributed by atoms with van der Waals surface area (Å²) < 4.78 is 0. The van der Waals surface area contributed by atoms with Gasteiger partial charge in [0.1, 0.15) is 0 Å². The summed E-state index contributed by atoms with van der Waals surface area (Å²) in [6, 6.07) is 5.16. The molecule has 1 N–H and O–H groups in total. The molecule has 0 bridgehead atoms. The molecule has 1 fully saturated rings. The Morgan fingerprint density at radius 2 is 2.29 bits per heavy atom. The van der Waals surface area contributed by atoms with Gasteiger partial charge in [0.15, 0.2) is 0 Å². The van der Waals surface area contributed by atoms with E-state index in [1.165, 1.54) is 43.4 Å². The van der Waals surface area contributed by atoms with E-state index < -0.39 is 0 Å². The van der Waals surface area contributed by atoms with Gasteiger partial charge >= 0.3 is 0 Å². The molecule has 1 aromatic rings. The van der Waals surface area contributed by atoms with E-state index in [9.17, 15) is 0 Å². The minimum Gasteiger partial charge on any atom is -0.309 e. The molecule has 0 amide bonds. The zero-order chi connectivity index (χ0) is 11.2. The number of rotatable bonds is 6. The van der Waals surface area contributed by atoms with Crippen LogP contribution in [0.3, 0.4) is 0 Å². The summed E-state index contributed by atoms with van der Waals surface area (Å²) in [6.45, 7) is 3.37. The first-order valence-corrected chi connectivity index (χ1v) is 7.54. The second kappa shape index (κ2) is 8.12. The van der Waals surface area contributed by atoms with Gasteiger partial charge in [-0.05, 0) is 36.6 Å². The van der Waals surface area contributed by atoms with E-state index in [4.69, 9.17) is 0 Å². The molecule has 0 aromatic carbocycles. The molecule has 3 heteroatoms. The van der Waals surface area contributed by atoms with E-state index >= 15 is 0 Å². The number of halogens is 1. The van der Waals surface area contributed by atoms with Crippen molar-refractivity contribution in [2.24, 2.45) is 5.92 Å². The molecule has 0 saturated heterocycles. The highest BCUT2D eigenvalue weighted by atomic mass is 35.5. The van der Waals surface area contributed by atoms with Crippen LogP contribution in [0, 0.1) is 5.92 Å². The summed E-state index contributed by atoms with van der Waals surface area (Å²) in [6.07, 6.45) is 8.44. The fourth-order valence-corrected chi connectivity index (χ4v) is 3.42. The van der Waals surface area contributed by atoms with Crippen LogP contribution in [0.15, 0.2) is 17.5 Å². The molecule has 1 aromatic heterocycles. The maximum atomic E-state index is 3.75. The Morgan fingerprint density at radius 3 is 3.00 bits per heavy atom. The zero-order valence-electron chi connectivity index (χ0n) is 10.7. The van der Waals surface area contributed by atoms with Crippen LogP contribution in [0.25, 0.3) is 0 Å². The second-order valence-electron chi connectivity index (χ2n) is 4.90. The lowest BCUT2D eigenvalue weighted by atomic mass is 9.97. The van der Waals surface area contributed by atoms with Gasteiger partial charge in [-0.15, -0.1) is 23.7 Å². The van der Waals surface area contributed by atoms with E-state index in [1.807, 2.05) is 11.3 Å². The third-order valence-electron chi connectivity index (χ3n) is 3.71. The van der Waals surface area contributed by atoms with Crippen LogP contribution in [0.5, 0.6) is 0 Å². The molecule has 1 nitrogen and oxygen atoms in total. The van der Waals surface area contributed by atoms with Crippen LogP contribution >= 0.6 is 23.7 Å². The summed E-state index contributed by atoms with van der Waals surface area (Å²) in [5.41, 5.74) is 0. The van der Waals surface area contributed by atoms with E-state index in [-0.39, 0.29) is 12.4 Å². The lowest BCUT2D eigenvalue weighted by Crippen LogP contribution is -2.31. The van der Waals surface area contributed by atoms with Crippen molar-refractivity contribution >= 4 is 23.7 Å². The summed E-state index contributed by atoms with van der Waals surface area (Å²) in [7, 11) is 0. The van der Waals surface area contributed by atoms with Gasteiger partial charge in [-0.3, -0.25) is 0 Å². The first kappa shape index (κ1) is 15.0. The van der Waals surface area contributed by atoms with E-state index in [0.717, 1.165) is 18.5 Å².